The molecular formula is C18H24N2O2. The third-order valence-electron chi connectivity index (χ3n) is 4.18. The Bertz CT molecular complexity index is 609. The molecule has 0 aliphatic carbocycles. The van der Waals surface area contributed by atoms with E-state index < -0.39 is 0 Å². The maximum atomic E-state index is 10.6. The molecule has 1 aromatic rings. The van der Waals surface area contributed by atoms with Gasteiger partial charge in [-0.05, 0) is 59.1 Å². The lowest BCUT2D eigenvalue weighted by Gasteiger charge is -2.24. The molecular weight excluding hydrogens is 276 g/mol. The molecule has 0 bridgehead atoms. The molecule has 0 atom stereocenters. The highest BCUT2D eigenvalue weighted by molar-refractivity contribution is 5.53. The second-order valence-corrected chi connectivity index (χ2v) is 5.07. The van der Waals surface area contributed by atoms with Crippen LogP contribution in [0.1, 0.15) is 61.1 Å². The van der Waals surface area contributed by atoms with Gasteiger partial charge in [0.1, 0.15) is 6.61 Å². The Hall–Kier alpha value is -2.11. The van der Waals surface area contributed by atoms with E-state index >= 15 is 0 Å². The van der Waals surface area contributed by atoms with Crippen LogP contribution in [-0.2, 0) is 48.4 Å². The van der Waals surface area contributed by atoms with E-state index in [1.54, 1.807) is 12.3 Å². The zero-order chi connectivity index (χ0) is 16.5. The summed E-state index contributed by atoms with van der Waals surface area (Å²) in [5.74, 6) is 0. The number of carbonyl (C=O) groups excluding carboxylic acids is 1. The average molecular weight is 300 g/mol. The van der Waals surface area contributed by atoms with Crippen molar-refractivity contribution in [1.82, 2.24) is 0 Å². The number of hydrogen-bond donors (Lipinski definition) is 0. The smallest absolute Gasteiger partial charge is 0.286 e. The van der Waals surface area contributed by atoms with E-state index in [1.807, 2.05) is 0 Å². The van der Waals surface area contributed by atoms with Crippen LogP contribution in [0.25, 0.3) is 0 Å². The molecule has 4 nitrogen and oxygen atoms in total. The molecule has 0 saturated carbocycles. The van der Waals surface area contributed by atoms with E-state index in [2.05, 4.69) is 32.7 Å². The van der Waals surface area contributed by atoms with Crippen LogP contribution in [-0.4, -0.2) is 6.08 Å². The topological polar surface area (TPSA) is 62.4 Å². The van der Waals surface area contributed by atoms with Gasteiger partial charge in [-0.25, -0.2) is 9.79 Å². The first-order chi connectivity index (χ1) is 10.7. The molecule has 0 aliphatic rings. The monoisotopic (exact) mass is 300 g/mol. The van der Waals surface area contributed by atoms with E-state index in [1.165, 1.54) is 22.3 Å². The molecule has 0 saturated heterocycles. The van der Waals surface area contributed by atoms with E-state index in [0.717, 1.165) is 36.8 Å². The van der Waals surface area contributed by atoms with Gasteiger partial charge in [0.2, 0.25) is 6.08 Å². The quantitative estimate of drug-likeness (QED) is 0.417. The van der Waals surface area contributed by atoms with Gasteiger partial charge >= 0.3 is 0 Å². The van der Waals surface area contributed by atoms with Gasteiger partial charge in [-0.1, -0.05) is 27.7 Å². The van der Waals surface area contributed by atoms with Crippen molar-refractivity contribution in [3.8, 4) is 6.26 Å². The molecule has 0 spiro atoms. The molecule has 0 amide bonds. The summed E-state index contributed by atoms with van der Waals surface area (Å²) in [6.45, 7) is 9.13. The Labute approximate surface area is 132 Å². The normalized spacial score (nSPS) is 9.95. The first-order valence-electron chi connectivity index (χ1n) is 7.91. The zero-order valence-electron chi connectivity index (χ0n) is 14.0. The molecule has 0 unspecified atom stereocenters. The predicted octanol–water partition coefficient (Wildman–Crippen LogP) is 3.77. The van der Waals surface area contributed by atoms with Crippen LogP contribution in [0.4, 0.5) is 0 Å². The highest BCUT2D eigenvalue weighted by Crippen LogP contribution is 2.31. The predicted molar refractivity (Wildman–Crippen MR) is 86.2 cm³/mol. The van der Waals surface area contributed by atoms with Gasteiger partial charge in [-0.3, -0.25) is 0 Å². The molecule has 1 rings (SSSR count). The largest absolute Gasteiger partial charge is 0.423 e. The number of ether oxygens (including phenoxy) is 1. The van der Waals surface area contributed by atoms with Crippen LogP contribution in [0, 0.1) is 11.5 Å². The van der Waals surface area contributed by atoms with E-state index in [0.29, 0.717) is 6.54 Å². The first kappa shape index (κ1) is 17.9. The van der Waals surface area contributed by atoms with Gasteiger partial charge in [-0.15, -0.1) is 0 Å². The minimum absolute atomic E-state index is 0.289. The van der Waals surface area contributed by atoms with Crippen molar-refractivity contribution in [3.63, 3.8) is 0 Å². The fourth-order valence-corrected chi connectivity index (χ4v) is 3.38. The Morgan fingerprint density at radius 3 is 1.77 bits per heavy atom. The minimum atomic E-state index is 0.289. The number of aliphatic imine (C=N–C) groups is 1. The van der Waals surface area contributed by atoms with Crippen molar-refractivity contribution < 1.29 is 9.53 Å². The second-order valence-electron chi connectivity index (χ2n) is 5.07. The van der Waals surface area contributed by atoms with E-state index in [9.17, 15) is 4.79 Å². The van der Waals surface area contributed by atoms with Gasteiger partial charge in [0.25, 0.3) is 6.26 Å². The fraction of sp³-hybridized carbons (Fsp3) is 0.556. The Balaban J connectivity index is 3.72. The summed E-state index contributed by atoms with van der Waals surface area (Å²) in [5, 5.41) is 8.75. The fourth-order valence-electron chi connectivity index (χ4n) is 3.38. The molecule has 22 heavy (non-hydrogen) atoms. The van der Waals surface area contributed by atoms with Crippen LogP contribution in [0.2, 0.25) is 0 Å². The standard InChI is InChI=1S/C18H24N2O2/c1-5-13-14(6-2)17(9-20-12-21)16(8-4)18(10-22-11-19)15(13)7-3/h5-10H2,1-4H3. The number of rotatable bonds is 8. The van der Waals surface area contributed by atoms with Crippen LogP contribution in [0.5, 0.6) is 0 Å². The number of nitriles is 1. The number of benzene rings is 1. The van der Waals surface area contributed by atoms with Crippen molar-refractivity contribution in [2.75, 3.05) is 0 Å². The Kier molecular flexibility index (Phi) is 7.36. The average Bonchev–Trinajstić information content (AvgIpc) is 2.55. The zero-order valence-corrected chi connectivity index (χ0v) is 14.0. The summed E-state index contributed by atoms with van der Waals surface area (Å²) < 4.78 is 5.03. The molecule has 0 radical (unpaired) electrons. The van der Waals surface area contributed by atoms with Crippen LogP contribution in [0.3, 0.4) is 0 Å². The second kappa shape index (κ2) is 9.02. The number of isocyanates is 1. The summed E-state index contributed by atoms with van der Waals surface area (Å²) >= 11 is 0. The lowest BCUT2D eigenvalue weighted by atomic mass is 9.82. The van der Waals surface area contributed by atoms with Gasteiger partial charge in [0.05, 0.1) is 6.54 Å². The summed E-state index contributed by atoms with van der Waals surface area (Å²) in [5.41, 5.74) is 7.26. The third-order valence-corrected chi connectivity index (χ3v) is 4.18. The maximum absolute atomic E-state index is 10.6. The lowest BCUT2D eigenvalue weighted by Crippen LogP contribution is -2.13. The van der Waals surface area contributed by atoms with Gasteiger partial charge < -0.3 is 4.74 Å². The molecule has 1 aromatic carbocycles. The van der Waals surface area contributed by atoms with Crippen molar-refractivity contribution >= 4 is 6.08 Å². The highest BCUT2D eigenvalue weighted by atomic mass is 16.5. The van der Waals surface area contributed by atoms with Crippen molar-refractivity contribution in [2.24, 2.45) is 4.99 Å². The van der Waals surface area contributed by atoms with Crippen molar-refractivity contribution in [3.05, 3.63) is 33.4 Å². The van der Waals surface area contributed by atoms with E-state index in [4.69, 9.17) is 10.00 Å². The Morgan fingerprint density at radius 2 is 1.32 bits per heavy atom. The molecule has 0 fully saturated rings. The first-order valence-corrected chi connectivity index (χ1v) is 7.91. The van der Waals surface area contributed by atoms with Crippen molar-refractivity contribution in [1.29, 1.82) is 5.26 Å². The highest BCUT2D eigenvalue weighted by Gasteiger charge is 2.20. The molecule has 118 valence electrons. The lowest BCUT2D eigenvalue weighted by molar-refractivity contribution is 0.255. The van der Waals surface area contributed by atoms with Gasteiger partial charge in [-0.2, -0.15) is 5.26 Å². The van der Waals surface area contributed by atoms with Crippen molar-refractivity contribution in [2.45, 2.75) is 66.5 Å². The van der Waals surface area contributed by atoms with Crippen LogP contribution < -0.4 is 0 Å². The molecule has 4 heteroatoms. The molecule has 0 aliphatic heterocycles. The summed E-state index contributed by atoms with van der Waals surface area (Å²) in [7, 11) is 0. The number of hydrogen-bond acceptors (Lipinski definition) is 4. The van der Waals surface area contributed by atoms with Gasteiger partial charge in [0, 0.05) is 0 Å². The summed E-state index contributed by atoms with van der Waals surface area (Å²) in [6.07, 6.45) is 6.97. The third kappa shape index (κ3) is 3.55. The summed E-state index contributed by atoms with van der Waals surface area (Å²) in [6, 6.07) is 0. The summed E-state index contributed by atoms with van der Waals surface area (Å²) in [4.78, 5) is 14.4. The maximum Gasteiger partial charge on any atom is 0.286 e. The van der Waals surface area contributed by atoms with Crippen LogP contribution in [0.15, 0.2) is 4.99 Å². The molecule has 0 heterocycles. The Morgan fingerprint density at radius 1 is 0.864 bits per heavy atom. The van der Waals surface area contributed by atoms with Gasteiger partial charge in [0.15, 0.2) is 0 Å². The number of nitrogens with zero attached hydrogens (tertiary/aromatic N) is 2. The minimum Gasteiger partial charge on any atom is -0.423 e. The SMILES string of the molecule is CCc1c(CC)c(CN=C=O)c(CC)c(COC#N)c1CC. The van der Waals surface area contributed by atoms with Crippen LogP contribution >= 0.6 is 0 Å². The van der Waals surface area contributed by atoms with E-state index in [-0.39, 0.29) is 6.61 Å². The molecule has 0 aromatic heterocycles. The molecule has 0 N–H and O–H groups in total.